The van der Waals surface area contributed by atoms with Crippen molar-refractivity contribution in [2.45, 2.75) is 38.9 Å². The van der Waals surface area contributed by atoms with Gasteiger partial charge in [0.2, 0.25) is 0 Å². The Hall–Kier alpha value is -2.25. The highest BCUT2D eigenvalue weighted by atomic mass is 19.4. The minimum Gasteiger partial charge on any atom is -0.346 e. The lowest BCUT2D eigenvalue weighted by molar-refractivity contribution is -0.141. The maximum Gasteiger partial charge on any atom is 0.433 e. The van der Waals surface area contributed by atoms with Crippen LogP contribution in [0.4, 0.5) is 19.0 Å². The number of aryl methyl sites for hydroxylation is 2. The molecular formula is C15H16F3N5. The van der Waals surface area contributed by atoms with Crippen molar-refractivity contribution in [2.24, 2.45) is 0 Å². The molecule has 23 heavy (non-hydrogen) atoms. The summed E-state index contributed by atoms with van der Waals surface area (Å²) in [4.78, 5) is 18.4. The molecule has 122 valence electrons. The lowest BCUT2D eigenvalue weighted by Gasteiger charge is -2.25. The fraction of sp³-hybridized carbons (Fsp3) is 0.467. The monoisotopic (exact) mass is 323 g/mol. The molecule has 2 aromatic heterocycles. The molecule has 1 aliphatic rings. The SMILES string of the molecule is Cc1cc(C(F)(F)F)nc([C@H]2CCCN2c2ccnc(C)n2)n1. The van der Waals surface area contributed by atoms with Crippen molar-refractivity contribution in [1.29, 1.82) is 0 Å². The molecule has 0 unspecified atom stereocenters. The molecule has 1 saturated heterocycles. The first kappa shape index (κ1) is 15.6. The average Bonchev–Trinajstić information content (AvgIpc) is 2.95. The van der Waals surface area contributed by atoms with Crippen LogP contribution in [0.5, 0.6) is 0 Å². The number of anilines is 1. The summed E-state index contributed by atoms with van der Waals surface area (Å²) in [5, 5.41) is 0. The summed E-state index contributed by atoms with van der Waals surface area (Å²) in [6, 6.07) is 2.42. The van der Waals surface area contributed by atoms with E-state index in [-0.39, 0.29) is 11.9 Å². The third-order valence-corrected chi connectivity index (χ3v) is 3.77. The third kappa shape index (κ3) is 3.25. The maximum absolute atomic E-state index is 13.0. The fourth-order valence-corrected chi connectivity index (χ4v) is 2.80. The zero-order valence-electron chi connectivity index (χ0n) is 12.8. The van der Waals surface area contributed by atoms with Crippen LogP contribution in [0, 0.1) is 13.8 Å². The number of hydrogen-bond donors (Lipinski definition) is 0. The van der Waals surface area contributed by atoms with Gasteiger partial charge in [0, 0.05) is 18.4 Å². The van der Waals surface area contributed by atoms with Gasteiger partial charge in [-0.05, 0) is 38.8 Å². The summed E-state index contributed by atoms with van der Waals surface area (Å²) in [5.74, 6) is 1.51. The fourth-order valence-electron chi connectivity index (χ4n) is 2.80. The van der Waals surface area contributed by atoms with E-state index in [0.29, 0.717) is 30.3 Å². The highest BCUT2D eigenvalue weighted by molar-refractivity contribution is 5.41. The molecule has 3 rings (SSSR count). The molecule has 0 bridgehead atoms. The molecule has 1 aliphatic heterocycles. The number of alkyl halides is 3. The van der Waals surface area contributed by atoms with Gasteiger partial charge in [0.25, 0.3) is 0 Å². The minimum atomic E-state index is -4.47. The summed E-state index contributed by atoms with van der Waals surface area (Å²) in [6.45, 7) is 4.04. The van der Waals surface area contributed by atoms with Gasteiger partial charge < -0.3 is 4.90 Å². The van der Waals surface area contributed by atoms with Crippen LogP contribution in [-0.4, -0.2) is 26.5 Å². The van der Waals surface area contributed by atoms with E-state index in [0.717, 1.165) is 12.5 Å². The summed E-state index contributed by atoms with van der Waals surface area (Å²) in [7, 11) is 0. The minimum absolute atomic E-state index is 0.200. The van der Waals surface area contributed by atoms with Crippen molar-refractivity contribution in [3.8, 4) is 0 Å². The van der Waals surface area contributed by atoms with E-state index in [4.69, 9.17) is 0 Å². The van der Waals surface area contributed by atoms with Gasteiger partial charge in [-0.15, -0.1) is 0 Å². The van der Waals surface area contributed by atoms with Crippen molar-refractivity contribution in [2.75, 3.05) is 11.4 Å². The highest BCUT2D eigenvalue weighted by Crippen LogP contribution is 2.35. The Labute approximate surface area is 131 Å². The molecule has 0 aromatic carbocycles. The van der Waals surface area contributed by atoms with Gasteiger partial charge in [-0.1, -0.05) is 0 Å². The van der Waals surface area contributed by atoms with Crippen LogP contribution in [0.25, 0.3) is 0 Å². The van der Waals surface area contributed by atoms with Crippen molar-refractivity contribution in [3.63, 3.8) is 0 Å². The molecule has 5 nitrogen and oxygen atoms in total. The predicted molar refractivity (Wildman–Crippen MR) is 77.9 cm³/mol. The number of halogens is 3. The number of hydrogen-bond acceptors (Lipinski definition) is 5. The molecule has 1 atom stereocenters. The zero-order chi connectivity index (χ0) is 16.6. The summed E-state index contributed by atoms with van der Waals surface area (Å²) in [5.41, 5.74) is -0.584. The van der Waals surface area contributed by atoms with Gasteiger partial charge in [0.15, 0.2) is 5.82 Å². The Balaban J connectivity index is 1.99. The van der Waals surface area contributed by atoms with Gasteiger partial charge in [0.05, 0.1) is 6.04 Å². The molecule has 3 heterocycles. The van der Waals surface area contributed by atoms with Gasteiger partial charge in [0.1, 0.15) is 17.3 Å². The van der Waals surface area contributed by atoms with Crippen molar-refractivity contribution in [1.82, 2.24) is 19.9 Å². The van der Waals surface area contributed by atoms with E-state index in [9.17, 15) is 13.2 Å². The standard InChI is InChI=1S/C15H16F3N5/c1-9-8-12(15(16,17)18)22-14(20-9)11-4-3-7-23(11)13-5-6-19-10(2)21-13/h5-6,8,11H,3-4,7H2,1-2H3/t11-/m1/s1. The van der Waals surface area contributed by atoms with Crippen molar-refractivity contribution in [3.05, 3.63) is 41.4 Å². The molecule has 0 spiro atoms. The van der Waals surface area contributed by atoms with Gasteiger partial charge in [-0.25, -0.2) is 19.9 Å². The van der Waals surface area contributed by atoms with Crippen LogP contribution in [0.15, 0.2) is 18.3 Å². The van der Waals surface area contributed by atoms with E-state index in [1.165, 1.54) is 0 Å². The number of aromatic nitrogens is 4. The predicted octanol–water partition coefficient (Wildman–Crippen LogP) is 3.24. The quantitative estimate of drug-likeness (QED) is 0.849. The van der Waals surface area contributed by atoms with E-state index in [1.54, 1.807) is 26.1 Å². The molecule has 1 fully saturated rings. The van der Waals surface area contributed by atoms with Crippen LogP contribution in [-0.2, 0) is 6.18 Å². The molecular weight excluding hydrogens is 307 g/mol. The van der Waals surface area contributed by atoms with E-state index >= 15 is 0 Å². The Bertz CT molecular complexity index is 716. The molecule has 2 aromatic rings. The molecule has 0 radical (unpaired) electrons. The van der Waals surface area contributed by atoms with E-state index in [2.05, 4.69) is 19.9 Å². The van der Waals surface area contributed by atoms with E-state index < -0.39 is 11.9 Å². The molecule has 8 heteroatoms. The molecule has 0 amide bonds. The third-order valence-electron chi connectivity index (χ3n) is 3.77. The average molecular weight is 323 g/mol. The second-order valence-corrected chi connectivity index (χ2v) is 5.56. The Morgan fingerprint density at radius 1 is 1.17 bits per heavy atom. The molecule has 0 aliphatic carbocycles. The summed E-state index contributed by atoms with van der Waals surface area (Å²) >= 11 is 0. The highest BCUT2D eigenvalue weighted by Gasteiger charge is 2.36. The second kappa shape index (κ2) is 5.75. The van der Waals surface area contributed by atoms with Gasteiger partial charge in [-0.2, -0.15) is 13.2 Å². The summed E-state index contributed by atoms with van der Waals surface area (Å²) in [6.07, 6.45) is -1.28. The van der Waals surface area contributed by atoms with Crippen molar-refractivity contribution < 1.29 is 13.2 Å². The Morgan fingerprint density at radius 3 is 2.65 bits per heavy atom. The molecule has 0 N–H and O–H groups in total. The van der Waals surface area contributed by atoms with Gasteiger partial charge in [-0.3, -0.25) is 0 Å². The Kier molecular flexibility index (Phi) is 3.91. The van der Waals surface area contributed by atoms with E-state index in [1.807, 2.05) is 4.90 Å². The lowest BCUT2D eigenvalue weighted by atomic mass is 10.2. The van der Waals surface area contributed by atoms with Crippen LogP contribution in [0.3, 0.4) is 0 Å². The smallest absolute Gasteiger partial charge is 0.346 e. The topological polar surface area (TPSA) is 54.8 Å². The lowest BCUT2D eigenvalue weighted by Crippen LogP contribution is -2.26. The molecule has 0 saturated carbocycles. The van der Waals surface area contributed by atoms with Gasteiger partial charge >= 0.3 is 6.18 Å². The zero-order valence-corrected chi connectivity index (χ0v) is 12.8. The summed E-state index contributed by atoms with van der Waals surface area (Å²) < 4.78 is 39.0. The normalized spacial score (nSPS) is 18.5. The second-order valence-electron chi connectivity index (χ2n) is 5.56. The van der Waals surface area contributed by atoms with Crippen LogP contribution in [0.2, 0.25) is 0 Å². The first-order valence-electron chi connectivity index (χ1n) is 7.33. The van der Waals surface area contributed by atoms with Crippen molar-refractivity contribution >= 4 is 5.82 Å². The van der Waals surface area contributed by atoms with Crippen LogP contribution in [0.1, 0.15) is 41.9 Å². The van der Waals surface area contributed by atoms with Crippen LogP contribution < -0.4 is 4.90 Å². The largest absolute Gasteiger partial charge is 0.433 e. The number of rotatable bonds is 2. The Morgan fingerprint density at radius 2 is 1.96 bits per heavy atom. The maximum atomic E-state index is 13.0. The number of nitrogens with zero attached hydrogens (tertiary/aromatic N) is 5. The first-order valence-corrected chi connectivity index (χ1v) is 7.33. The van der Waals surface area contributed by atoms with Crippen LogP contribution >= 0.6 is 0 Å². The first-order chi connectivity index (χ1) is 10.8.